The lowest BCUT2D eigenvalue weighted by molar-refractivity contribution is -0.143. The van der Waals surface area contributed by atoms with Crippen LogP contribution >= 0.6 is 0 Å². The van der Waals surface area contributed by atoms with E-state index in [0.717, 1.165) is 13.0 Å². The van der Waals surface area contributed by atoms with Gasteiger partial charge in [0.1, 0.15) is 0 Å². The fraction of sp³-hybridized carbons (Fsp3) is 0.917. The maximum atomic E-state index is 12.4. The number of hydrogen-bond donors (Lipinski definition) is 1. The van der Waals surface area contributed by atoms with Gasteiger partial charge in [-0.1, -0.05) is 0 Å². The van der Waals surface area contributed by atoms with E-state index in [-0.39, 0.29) is 17.5 Å². The Labute approximate surface area is 93.2 Å². The lowest BCUT2D eigenvalue weighted by Gasteiger charge is -2.42. The van der Waals surface area contributed by atoms with E-state index in [1.807, 2.05) is 18.7 Å². The van der Waals surface area contributed by atoms with Crippen LogP contribution in [0.25, 0.3) is 0 Å². The lowest BCUT2D eigenvalue weighted by atomic mass is 9.95. The van der Waals surface area contributed by atoms with Gasteiger partial charge in [-0.2, -0.15) is 0 Å². The van der Waals surface area contributed by atoms with Gasteiger partial charge >= 0.3 is 0 Å². The van der Waals surface area contributed by atoms with Crippen LogP contribution in [-0.4, -0.2) is 34.5 Å². The Hall–Kier alpha value is -0.570. The average molecular weight is 212 g/mol. The molecule has 3 heteroatoms. The summed E-state index contributed by atoms with van der Waals surface area (Å²) in [6.07, 6.45) is 1.00. The van der Waals surface area contributed by atoms with Crippen LogP contribution in [0.5, 0.6) is 0 Å². The van der Waals surface area contributed by atoms with E-state index < -0.39 is 5.54 Å². The largest absolute Gasteiger partial charge is 0.334 e. The van der Waals surface area contributed by atoms with Gasteiger partial charge in [-0.15, -0.1) is 0 Å². The maximum Gasteiger partial charge on any atom is 0.242 e. The lowest BCUT2D eigenvalue weighted by Crippen LogP contribution is -2.58. The Morgan fingerprint density at radius 1 is 1.27 bits per heavy atom. The first-order chi connectivity index (χ1) is 6.68. The summed E-state index contributed by atoms with van der Waals surface area (Å²) in [4.78, 5) is 14.4. The molecule has 3 nitrogen and oxygen atoms in total. The molecule has 0 atom stereocenters. The van der Waals surface area contributed by atoms with Crippen molar-refractivity contribution in [3.05, 3.63) is 0 Å². The molecule has 1 amide bonds. The second kappa shape index (κ2) is 3.78. The first kappa shape index (κ1) is 12.5. The number of amides is 1. The van der Waals surface area contributed by atoms with Crippen LogP contribution in [0.1, 0.15) is 48.0 Å². The van der Waals surface area contributed by atoms with Gasteiger partial charge in [0.25, 0.3) is 0 Å². The molecule has 0 aromatic carbocycles. The molecule has 88 valence electrons. The normalized spacial score (nSPS) is 25.5. The molecular formula is C12H24N2O. The van der Waals surface area contributed by atoms with Gasteiger partial charge < -0.3 is 10.2 Å². The molecule has 0 aromatic rings. The summed E-state index contributed by atoms with van der Waals surface area (Å²) in [7, 11) is 0. The molecular weight excluding hydrogens is 188 g/mol. The molecule has 1 aliphatic rings. The molecule has 15 heavy (non-hydrogen) atoms. The zero-order valence-electron chi connectivity index (χ0n) is 10.8. The quantitative estimate of drug-likeness (QED) is 0.718. The molecule has 1 heterocycles. The highest BCUT2D eigenvalue weighted by Gasteiger charge is 2.42. The van der Waals surface area contributed by atoms with Gasteiger partial charge in [0, 0.05) is 11.6 Å². The van der Waals surface area contributed by atoms with Crippen molar-refractivity contribution in [2.75, 3.05) is 6.54 Å². The van der Waals surface area contributed by atoms with Crippen molar-refractivity contribution < 1.29 is 4.79 Å². The Kier molecular flexibility index (Phi) is 3.15. The molecule has 1 rings (SSSR count). The van der Waals surface area contributed by atoms with Crippen LogP contribution in [0, 0.1) is 0 Å². The molecule has 0 bridgehead atoms. The molecule has 0 saturated carbocycles. The number of nitrogens with one attached hydrogen (secondary N) is 1. The molecule has 1 saturated heterocycles. The first-order valence-electron chi connectivity index (χ1n) is 5.77. The van der Waals surface area contributed by atoms with E-state index in [1.54, 1.807) is 0 Å². The van der Waals surface area contributed by atoms with Crippen molar-refractivity contribution in [1.82, 2.24) is 10.2 Å². The Morgan fingerprint density at radius 2 is 1.80 bits per heavy atom. The highest BCUT2D eigenvalue weighted by Crippen LogP contribution is 2.27. The van der Waals surface area contributed by atoms with Crippen molar-refractivity contribution in [3.8, 4) is 0 Å². The molecule has 0 radical (unpaired) electrons. The zero-order valence-corrected chi connectivity index (χ0v) is 10.8. The van der Waals surface area contributed by atoms with E-state index in [4.69, 9.17) is 0 Å². The standard InChI is InChI=1S/C12H24N2O/c1-9(2)14-10(15)12(5,6)13-8-7-11(14,3)4/h9,13H,7-8H2,1-6H3. The van der Waals surface area contributed by atoms with Crippen molar-refractivity contribution in [2.24, 2.45) is 0 Å². The fourth-order valence-electron chi connectivity index (χ4n) is 2.39. The molecule has 0 spiro atoms. The molecule has 0 aromatic heterocycles. The summed E-state index contributed by atoms with van der Waals surface area (Å²) in [5, 5.41) is 3.32. The third kappa shape index (κ3) is 2.33. The second-order valence-electron chi connectivity index (χ2n) is 5.88. The smallest absolute Gasteiger partial charge is 0.242 e. The Balaban J connectivity index is 3.07. The minimum absolute atomic E-state index is 0.0496. The fourth-order valence-corrected chi connectivity index (χ4v) is 2.39. The predicted octanol–water partition coefficient (Wildman–Crippen LogP) is 1.77. The topological polar surface area (TPSA) is 32.3 Å². The van der Waals surface area contributed by atoms with E-state index in [2.05, 4.69) is 33.0 Å². The summed E-state index contributed by atoms with van der Waals surface area (Å²) in [6.45, 7) is 13.3. The minimum atomic E-state index is -0.432. The second-order valence-corrected chi connectivity index (χ2v) is 5.88. The van der Waals surface area contributed by atoms with Gasteiger partial charge in [0.05, 0.1) is 5.54 Å². The summed E-state index contributed by atoms with van der Waals surface area (Å²) in [5.41, 5.74) is -0.482. The summed E-state index contributed by atoms with van der Waals surface area (Å²) in [5.74, 6) is 0.208. The van der Waals surface area contributed by atoms with E-state index in [9.17, 15) is 4.79 Å². The summed E-state index contributed by atoms with van der Waals surface area (Å²) < 4.78 is 0. The average Bonchev–Trinajstić information content (AvgIpc) is 2.07. The van der Waals surface area contributed by atoms with Crippen LogP contribution in [0.3, 0.4) is 0 Å². The van der Waals surface area contributed by atoms with Gasteiger partial charge in [0.2, 0.25) is 5.91 Å². The van der Waals surface area contributed by atoms with Crippen LogP contribution in [0.2, 0.25) is 0 Å². The predicted molar refractivity (Wildman–Crippen MR) is 62.8 cm³/mol. The van der Waals surface area contributed by atoms with E-state index in [0.29, 0.717) is 0 Å². The minimum Gasteiger partial charge on any atom is -0.334 e. The van der Waals surface area contributed by atoms with E-state index >= 15 is 0 Å². The molecule has 0 unspecified atom stereocenters. The van der Waals surface area contributed by atoms with Gasteiger partial charge in [-0.05, 0) is 54.5 Å². The Bertz CT molecular complexity index is 256. The molecule has 1 fully saturated rings. The zero-order chi connectivity index (χ0) is 11.9. The van der Waals surface area contributed by atoms with Gasteiger partial charge in [0.15, 0.2) is 0 Å². The van der Waals surface area contributed by atoms with Gasteiger partial charge in [-0.3, -0.25) is 4.79 Å². The van der Waals surface area contributed by atoms with Crippen molar-refractivity contribution in [2.45, 2.75) is 65.1 Å². The number of carbonyl (C=O) groups is 1. The highest BCUT2D eigenvalue weighted by molar-refractivity contribution is 5.86. The first-order valence-corrected chi connectivity index (χ1v) is 5.77. The summed E-state index contributed by atoms with van der Waals surface area (Å²) >= 11 is 0. The number of hydrogen-bond acceptors (Lipinski definition) is 2. The van der Waals surface area contributed by atoms with Crippen LogP contribution < -0.4 is 5.32 Å². The maximum absolute atomic E-state index is 12.4. The van der Waals surface area contributed by atoms with Crippen LogP contribution in [0.15, 0.2) is 0 Å². The van der Waals surface area contributed by atoms with Crippen LogP contribution in [0.4, 0.5) is 0 Å². The Morgan fingerprint density at radius 3 is 2.27 bits per heavy atom. The van der Waals surface area contributed by atoms with Crippen molar-refractivity contribution >= 4 is 5.91 Å². The number of rotatable bonds is 1. The monoisotopic (exact) mass is 212 g/mol. The van der Waals surface area contributed by atoms with Crippen molar-refractivity contribution in [3.63, 3.8) is 0 Å². The molecule has 0 aliphatic carbocycles. The van der Waals surface area contributed by atoms with E-state index in [1.165, 1.54) is 0 Å². The van der Waals surface area contributed by atoms with Crippen molar-refractivity contribution in [1.29, 1.82) is 0 Å². The third-order valence-corrected chi connectivity index (χ3v) is 3.23. The van der Waals surface area contributed by atoms with Crippen LogP contribution in [-0.2, 0) is 4.79 Å². The number of carbonyl (C=O) groups excluding carboxylic acids is 1. The SMILES string of the molecule is CC(C)N1C(=O)C(C)(C)NCCC1(C)C. The molecule has 1 aliphatic heterocycles. The van der Waals surface area contributed by atoms with Gasteiger partial charge in [-0.25, -0.2) is 0 Å². The number of nitrogens with zero attached hydrogens (tertiary/aromatic N) is 1. The molecule has 1 N–H and O–H groups in total. The third-order valence-electron chi connectivity index (χ3n) is 3.23. The summed E-state index contributed by atoms with van der Waals surface area (Å²) in [6, 6.07) is 0.256. The highest BCUT2D eigenvalue weighted by atomic mass is 16.2.